The van der Waals surface area contributed by atoms with E-state index in [1.807, 2.05) is 0 Å². The lowest BCUT2D eigenvalue weighted by atomic mass is 9.72. The second-order valence-electron chi connectivity index (χ2n) is 17.9. The number of aliphatic hydroxyl groups is 12. The van der Waals surface area contributed by atoms with Crippen LogP contribution in [0.15, 0.2) is 0 Å². The molecule has 3 saturated carbocycles. The van der Waals surface area contributed by atoms with Crippen molar-refractivity contribution in [2.24, 2.45) is 17.8 Å². The van der Waals surface area contributed by atoms with E-state index in [2.05, 4.69) is 0 Å². The molecule has 352 valence electrons. The molecule has 0 aromatic heterocycles. The molecule has 7 rings (SSSR count). The van der Waals surface area contributed by atoms with Crippen molar-refractivity contribution >= 4 is 17.6 Å². The van der Waals surface area contributed by atoms with Gasteiger partial charge in [0.2, 0.25) is 0 Å². The number of rotatable bonds is 11. The zero-order valence-corrected chi connectivity index (χ0v) is 34.3. The Morgan fingerprint density at radius 2 is 1.25 bits per heavy atom. The second kappa shape index (κ2) is 20.7. The minimum Gasteiger partial charge on any atom is -0.463 e. The first-order chi connectivity index (χ1) is 29.0. The van der Waals surface area contributed by atoms with Gasteiger partial charge < -0.3 is 99.2 Å². The molecule has 21 nitrogen and oxygen atoms in total. The molecule has 61 heavy (non-hydrogen) atoms. The molecule has 4 heterocycles. The number of hydrogen-bond acceptors (Lipinski definition) is 21. The van der Waals surface area contributed by atoms with Crippen molar-refractivity contribution in [1.29, 1.82) is 0 Å². The van der Waals surface area contributed by atoms with Crippen molar-refractivity contribution in [3.8, 4) is 0 Å². The molecule has 0 bridgehead atoms. The van der Waals surface area contributed by atoms with Crippen molar-refractivity contribution in [2.75, 3.05) is 19.8 Å². The van der Waals surface area contributed by atoms with Crippen molar-refractivity contribution in [3.05, 3.63) is 0 Å². The van der Waals surface area contributed by atoms with Gasteiger partial charge in [0, 0.05) is 11.3 Å². The summed E-state index contributed by atoms with van der Waals surface area (Å²) in [5.74, 6) is -1.85. The molecule has 22 heteroatoms. The van der Waals surface area contributed by atoms with Gasteiger partial charge in [-0.25, -0.2) is 0 Å². The molecule has 23 atom stereocenters. The lowest BCUT2D eigenvalue weighted by Gasteiger charge is -2.51. The molecule has 0 radical (unpaired) electrons. The van der Waals surface area contributed by atoms with Crippen LogP contribution in [0.4, 0.5) is 0 Å². The second-order valence-corrected chi connectivity index (χ2v) is 18.5. The van der Waals surface area contributed by atoms with Gasteiger partial charge in [-0.2, -0.15) is 0 Å². The maximum atomic E-state index is 12.8. The molecular weight excluding hydrogens is 840 g/mol. The normalized spacial score (nSPS) is 52.2. The van der Waals surface area contributed by atoms with Gasteiger partial charge in [0.1, 0.15) is 73.8 Å². The maximum Gasteiger partial charge on any atom is 0.309 e. The zero-order valence-electron chi connectivity index (χ0n) is 33.5. The molecule has 4 aliphatic heterocycles. The SMILES string of the molecule is O=C(OCC1OC(OCC2OC(OC3CC4C(O)CC(O)CC4OC3C3CCC(O)C(O)C3)C(OC3OCC(O)C(O)C3O)C(O)C2O)C(O)C(O)C1O)C1CCC(Cl)CC1. The third-order valence-corrected chi connectivity index (χ3v) is 14.1. The van der Waals surface area contributed by atoms with Crippen molar-refractivity contribution in [3.63, 3.8) is 0 Å². The summed E-state index contributed by atoms with van der Waals surface area (Å²) in [6.07, 6.45) is -26.2. The van der Waals surface area contributed by atoms with Gasteiger partial charge in [-0.3, -0.25) is 4.79 Å². The van der Waals surface area contributed by atoms with Gasteiger partial charge >= 0.3 is 5.97 Å². The van der Waals surface area contributed by atoms with Crippen LogP contribution in [0, 0.1) is 17.8 Å². The number of fused-ring (bicyclic) bond motifs is 1. The Morgan fingerprint density at radius 1 is 0.574 bits per heavy atom. The van der Waals surface area contributed by atoms with E-state index in [9.17, 15) is 66.1 Å². The van der Waals surface area contributed by atoms with Crippen LogP contribution in [0.25, 0.3) is 0 Å². The van der Waals surface area contributed by atoms with E-state index < -0.39 is 172 Å². The molecule has 0 spiro atoms. The van der Waals surface area contributed by atoms with Gasteiger partial charge in [0.05, 0.1) is 61.9 Å². The highest BCUT2D eigenvalue weighted by Crippen LogP contribution is 2.44. The van der Waals surface area contributed by atoms with Crippen molar-refractivity contribution < 1.29 is 104 Å². The quantitative estimate of drug-likeness (QED) is 0.0688. The number of carbonyl (C=O) groups is 1. The van der Waals surface area contributed by atoms with E-state index in [0.29, 0.717) is 32.1 Å². The van der Waals surface area contributed by atoms with E-state index in [4.69, 9.17) is 49.5 Å². The Hall–Kier alpha value is -1.00. The molecule has 0 aromatic rings. The number of carbonyl (C=O) groups excluding carboxylic acids is 1. The first kappa shape index (κ1) is 47.9. The van der Waals surface area contributed by atoms with E-state index in [1.54, 1.807) is 0 Å². The molecule has 4 saturated heterocycles. The van der Waals surface area contributed by atoms with Crippen LogP contribution in [0.5, 0.6) is 0 Å². The molecule has 7 aliphatic rings. The number of alkyl halides is 1. The molecule has 0 amide bonds. The Bertz CT molecular complexity index is 1410. The fourth-order valence-electron chi connectivity index (χ4n) is 9.88. The smallest absolute Gasteiger partial charge is 0.309 e. The molecule has 0 aromatic carbocycles. The van der Waals surface area contributed by atoms with E-state index in [1.165, 1.54) is 0 Å². The summed E-state index contributed by atoms with van der Waals surface area (Å²) in [6.45, 7) is -1.59. The summed E-state index contributed by atoms with van der Waals surface area (Å²) in [6, 6.07) is 0. The van der Waals surface area contributed by atoms with Crippen LogP contribution < -0.4 is 0 Å². The fraction of sp³-hybridized carbons (Fsp3) is 0.974. The molecule has 3 aliphatic carbocycles. The molecule has 23 unspecified atom stereocenters. The zero-order chi connectivity index (χ0) is 43.9. The molecular formula is C39H63ClO21. The van der Waals surface area contributed by atoms with Crippen LogP contribution in [0.1, 0.15) is 64.2 Å². The third-order valence-electron chi connectivity index (χ3n) is 13.7. The van der Waals surface area contributed by atoms with E-state index in [0.717, 1.165) is 0 Å². The molecule has 12 N–H and O–H groups in total. The maximum absolute atomic E-state index is 12.8. The van der Waals surface area contributed by atoms with Crippen molar-refractivity contribution in [1.82, 2.24) is 0 Å². The van der Waals surface area contributed by atoms with Crippen LogP contribution in [0.3, 0.4) is 0 Å². The summed E-state index contributed by atoms with van der Waals surface area (Å²) in [5, 5.41) is 129. The first-order valence-electron chi connectivity index (χ1n) is 21.5. The number of aliphatic hydroxyl groups excluding tert-OH is 12. The highest BCUT2D eigenvalue weighted by Gasteiger charge is 2.55. The largest absolute Gasteiger partial charge is 0.463 e. The van der Waals surface area contributed by atoms with Crippen molar-refractivity contribution in [2.45, 2.75) is 198 Å². The lowest BCUT2D eigenvalue weighted by molar-refractivity contribution is -0.376. The Kier molecular flexibility index (Phi) is 16.2. The van der Waals surface area contributed by atoms with Gasteiger partial charge in [0.15, 0.2) is 18.9 Å². The molecule has 7 fully saturated rings. The Balaban J connectivity index is 1.08. The fourth-order valence-corrected chi connectivity index (χ4v) is 10.1. The van der Waals surface area contributed by atoms with E-state index >= 15 is 0 Å². The minimum absolute atomic E-state index is 0.0299. The number of ether oxygens (including phenoxy) is 8. The predicted octanol–water partition coefficient (Wildman–Crippen LogP) is -4.38. The summed E-state index contributed by atoms with van der Waals surface area (Å²) < 4.78 is 47.6. The number of halogens is 1. The Morgan fingerprint density at radius 3 is 1.97 bits per heavy atom. The number of esters is 1. The highest BCUT2D eigenvalue weighted by molar-refractivity contribution is 6.20. The summed E-state index contributed by atoms with van der Waals surface area (Å²) in [5.41, 5.74) is 0. The standard InChI is InChI=1S/C39H63ClO21/c40-16-4-1-14(2-5-16)36(53)54-12-25-28(47)30(49)33(52)37(59-25)56-13-26-29(48)31(50)35(61-38-32(51)27(46)22(45)11-55-38)39(60-26)58-24-10-18-20(43)8-17(41)9-23(18)57-34(24)15-3-6-19(42)21(44)7-15/h14-35,37-39,41-52H,1-13H2. The average molecular weight is 903 g/mol. The lowest BCUT2D eigenvalue weighted by Crippen LogP contribution is -2.65. The Labute approximate surface area is 356 Å². The number of hydrogen-bond donors (Lipinski definition) is 12. The third kappa shape index (κ3) is 10.8. The predicted molar refractivity (Wildman–Crippen MR) is 201 cm³/mol. The van der Waals surface area contributed by atoms with Crippen LogP contribution in [0.2, 0.25) is 0 Å². The van der Waals surface area contributed by atoms with Gasteiger partial charge in [0.25, 0.3) is 0 Å². The summed E-state index contributed by atoms with van der Waals surface area (Å²) in [4.78, 5) is 12.8. The van der Waals surface area contributed by atoms with Crippen LogP contribution in [-0.4, -0.2) is 221 Å². The highest BCUT2D eigenvalue weighted by atomic mass is 35.5. The van der Waals surface area contributed by atoms with Gasteiger partial charge in [-0.15, -0.1) is 11.6 Å². The summed E-state index contributed by atoms with van der Waals surface area (Å²) >= 11 is 6.15. The topological polar surface area (TPSA) is 334 Å². The average Bonchev–Trinajstić information content (AvgIpc) is 3.23. The first-order valence-corrected chi connectivity index (χ1v) is 21.9. The van der Waals surface area contributed by atoms with E-state index in [-0.39, 0.29) is 37.5 Å². The minimum atomic E-state index is -1.89. The van der Waals surface area contributed by atoms with Crippen LogP contribution in [-0.2, 0) is 42.7 Å². The van der Waals surface area contributed by atoms with Gasteiger partial charge in [-0.1, -0.05) is 0 Å². The summed E-state index contributed by atoms with van der Waals surface area (Å²) in [7, 11) is 0. The van der Waals surface area contributed by atoms with Crippen LogP contribution >= 0.6 is 11.6 Å². The monoisotopic (exact) mass is 902 g/mol. The van der Waals surface area contributed by atoms with Gasteiger partial charge in [-0.05, 0) is 70.1 Å².